The van der Waals surface area contributed by atoms with Gasteiger partial charge in [0, 0.05) is 5.53 Å². The number of aliphatic hydroxyl groups is 2. The fourth-order valence-corrected chi connectivity index (χ4v) is 1.37. The number of quaternary nitrogens is 1. The Balaban J connectivity index is 2.77. The number of aliphatic hydroxyl groups excluding tert-OH is 2. The molecular weight excluding hydrogens is 178 g/mol. The minimum atomic E-state index is -0.365. The van der Waals surface area contributed by atoms with Crippen molar-refractivity contribution in [2.24, 2.45) is 0 Å². The standard InChI is InChI=1S/C6H13N3O4/c10-3-1-9(2-4-11)6(12)5-8(13)7-9/h10-11H,1-5H2,(H,7,13)/q+2. The number of hydrogen-bond acceptors (Lipinski definition) is 4. The maximum absolute atomic E-state index is 11.3. The van der Waals surface area contributed by atoms with Crippen LogP contribution >= 0.6 is 0 Å². The summed E-state index contributed by atoms with van der Waals surface area (Å²) in [6.45, 7) is -0.491. The summed E-state index contributed by atoms with van der Waals surface area (Å²) in [7, 11) is 0. The first kappa shape index (κ1) is 10.0. The molecule has 0 spiro atoms. The zero-order valence-corrected chi connectivity index (χ0v) is 7.14. The molecule has 0 saturated carbocycles. The number of carbonyl (C=O) groups excluding carboxylic acids is 1. The normalized spacial score (nSPS) is 20.5. The Labute approximate surface area is 74.7 Å². The van der Waals surface area contributed by atoms with Crippen molar-refractivity contribution in [3.8, 4) is 0 Å². The molecule has 1 saturated heterocycles. The van der Waals surface area contributed by atoms with Crippen molar-refractivity contribution in [1.29, 1.82) is 0 Å². The molecule has 0 aliphatic carbocycles. The number of hydrogen-bond donors (Lipinski definition) is 3. The third-order valence-electron chi connectivity index (χ3n) is 2.02. The van der Waals surface area contributed by atoms with Crippen LogP contribution in [0.1, 0.15) is 0 Å². The van der Waals surface area contributed by atoms with E-state index in [0.29, 0.717) is 4.87 Å². The molecule has 0 bridgehead atoms. The van der Waals surface area contributed by atoms with Gasteiger partial charge < -0.3 is 10.2 Å². The van der Waals surface area contributed by atoms with E-state index >= 15 is 0 Å². The highest BCUT2D eigenvalue weighted by atomic mass is 16.4. The maximum atomic E-state index is 11.3. The van der Waals surface area contributed by atoms with Crippen molar-refractivity contribution in [3.05, 3.63) is 4.91 Å². The van der Waals surface area contributed by atoms with Crippen molar-refractivity contribution in [1.82, 2.24) is 5.53 Å². The van der Waals surface area contributed by atoms with Gasteiger partial charge in [0.15, 0.2) is 4.87 Å². The first-order valence-electron chi connectivity index (χ1n) is 3.99. The van der Waals surface area contributed by atoms with E-state index in [1.54, 1.807) is 0 Å². The molecule has 7 nitrogen and oxygen atoms in total. The van der Waals surface area contributed by atoms with E-state index in [9.17, 15) is 9.70 Å². The highest BCUT2D eigenvalue weighted by molar-refractivity contribution is 5.70. The average Bonchev–Trinajstić information content (AvgIpc) is 2.28. The SMILES string of the molecule is O=C1C[N+](=O)N[N+]1(CCO)CCO. The van der Waals surface area contributed by atoms with Gasteiger partial charge in [-0.3, -0.25) is 0 Å². The van der Waals surface area contributed by atoms with Crippen LogP contribution in [-0.2, 0) is 4.79 Å². The predicted molar refractivity (Wildman–Crippen MR) is 40.8 cm³/mol. The molecule has 1 aliphatic heterocycles. The topological polar surface area (TPSA) is 89.6 Å². The summed E-state index contributed by atoms with van der Waals surface area (Å²) < 4.78 is -0.365. The fourth-order valence-electron chi connectivity index (χ4n) is 1.37. The van der Waals surface area contributed by atoms with E-state index < -0.39 is 0 Å². The van der Waals surface area contributed by atoms with Gasteiger partial charge in [0.2, 0.25) is 0 Å². The van der Waals surface area contributed by atoms with Crippen LogP contribution in [0, 0.1) is 4.91 Å². The van der Waals surface area contributed by atoms with Gasteiger partial charge in [0.25, 0.3) is 0 Å². The molecule has 1 fully saturated rings. The lowest BCUT2D eigenvalue weighted by Crippen LogP contribution is -2.60. The van der Waals surface area contributed by atoms with E-state index in [2.05, 4.69) is 5.53 Å². The number of rotatable bonds is 4. The molecule has 13 heavy (non-hydrogen) atoms. The number of amides is 1. The number of carbonyl (C=O) groups is 1. The number of nitrogens with one attached hydrogen (secondary N) is 1. The fraction of sp³-hybridized carbons (Fsp3) is 0.833. The van der Waals surface area contributed by atoms with Crippen LogP contribution < -0.4 is 5.53 Å². The smallest absolute Gasteiger partial charge is 0.390 e. The summed E-state index contributed by atoms with van der Waals surface area (Å²) in [4.78, 5) is 22.6. The Kier molecular flexibility index (Phi) is 2.91. The lowest BCUT2D eigenvalue weighted by molar-refractivity contribution is -0.972. The molecule has 1 amide bonds. The van der Waals surface area contributed by atoms with Gasteiger partial charge in [-0.15, -0.1) is 4.59 Å². The highest BCUT2D eigenvalue weighted by Crippen LogP contribution is 2.08. The minimum absolute atomic E-state index is 0.0954. The number of nitrogens with zero attached hydrogens (tertiary/aromatic N) is 2. The van der Waals surface area contributed by atoms with Gasteiger partial charge in [-0.2, -0.15) is 0 Å². The third kappa shape index (κ3) is 1.82. The Morgan fingerprint density at radius 1 is 1.38 bits per heavy atom. The molecule has 0 unspecified atom stereocenters. The van der Waals surface area contributed by atoms with E-state index in [4.69, 9.17) is 10.2 Å². The van der Waals surface area contributed by atoms with Gasteiger partial charge in [0.05, 0.1) is 18.1 Å². The van der Waals surface area contributed by atoms with Crippen LogP contribution in [0.15, 0.2) is 0 Å². The lowest BCUT2D eigenvalue weighted by atomic mass is 10.4. The molecule has 7 heteroatoms. The van der Waals surface area contributed by atoms with Gasteiger partial charge in [0.1, 0.15) is 13.1 Å². The van der Waals surface area contributed by atoms with E-state index in [1.165, 1.54) is 0 Å². The van der Waals surface area contributed by atoms with Crippen LogP contribution in [0.4, 0.5) is 0 Å². The van der Waals surface area contributed by atoms with Gasteiger partial charge in [-0.05, 0) is 0 Å². The number of nitroso groups, excluding NO2 is 1. The Morgan fingerprint density at radius 2 is 1.92 bits per heavy atom. The van der Waals surface area contributed by atoms with Crippen LogP contribution in [0.2, 0.25) is 0 Å². The molecule has 1 rings (SSSR count). The molecule has 0 aromatic rings. The first-order valence-corrected chi connectivity index (χ1v) is 3.99. The zero-order valence-electron chi connectivity index (χ0n) is 7.14. The molecule has 1 heterocycles. The largest absolute Gasteiger partial charge is 0.415 e. The van der Waals surface area contributed by atoms with Gasteiger partial charge >= 0.3 is 12.5 Å². The maximum Gasteiger partial charge on any atom is 0.415 e. The van der Waals surface area contributed by atoms with Crippen molar-refractivity contribution in [2.45, 2.75) is 0 Å². The average molecular weight is 191 g/mol. The van der Waals surface area contributed by atoms with Crippen molar-refractivity contribution < 1.29 is 24.5 Å². The summed E-state index contributed by atoms with van der Waals surface area (Å²) in [6, 6.07) is 0. The summed E-state index contributed by atoms with van der Waals surface area (Å²) >= 11 is 0. The summed E-state index contributed by atoms with van der Waals surface area (Å²) in [6.07, 6.45) is 0. The monoisotopic (exact) mass is 191 g/mol. The molecule has 1 aliphatic rings. The van der Waals surface area contributed by atoms with Crippen molar-refractivity contribution >= 4 is 5.91 Å². The second-order valence-electron chi connectivity index (χ2n) is 2.89. The first-order chi connectivity index (χ1) is 6.14. The quantitative estimate of drug-likeness (QED) is 0.338. The molecule has 3 N–H and O–H groups in total. The lowest BCUT2D eigenvalue weighted by Gasteiger charge is -2.22. The highest BCUT2D eigenvalue weighted by Gasteiger charge is 2.52. The summed E-state index contributed by atoms with van der Waals surface area (Å²) in [5.41, 5.74) is 2.36. The second-order valence-corrected chi connectivity index (χ2v) is 2.89. The van der Waals surface area contributed by atoms with E-state index in [-0.39, 0.29) is 43.3 Å². The third-order valence-corrected chi connectivity index (χ3v) is 2.02. The van der Waals surface area contributed by atoms with Crippen LogP contribution in [-0.4, -0.2) is 58.4 Å². The minimum Gasteiger partial charge on any atom is -0.390 e. The predicted octanol–water partition coefficient (Wildman–Crippen LogP) is -2.47. The van der Waals surface area contributed by atoms with E-state index in [1.807, 2.05) is 0 Å². The van der Waals surface area contributed by atoms with E-state index in [0.717, 1.165) is 0 Å². The van der Waals surface area contributed by atoms with Crippen LogP contribution in [0.3, 0.4) is 0 Å². The molecule has 74 valence electrons. The molecule has 0 aromatic carbocycles. The van der Waals surface area contributed by atoms with Crippen LogP contribution in [0.5, 0.6) is 0 Å². The second kappa shape index (κ2) is 3.77. The van der Waals surface area contributed by atoms with Gasteiger partial charge in [-0.25, -0.2) is 4.79 Å². The Morgan fingerprint density at radius 3 is 2.23 bits per heavy atom. The van der Waals surface area contributed by atoms with Crippen LogP contribution in [0.25, 0.3) is 0 Å². The van der Waals surface area contributed by atoms with Crippen molar-refractivity contribution in [2.75, 3.05) is 32.8 Å². The molecule has 0 aromatic heterocycles. The summed E-state index contributed by atoms with van der Waals surface area (Å²) in [5.74, 6) is -0.335. The summed E-state index contributed by atoms with van der Waals surface area (Å²) in [5, 5.41) is 17.4. The zero-order chi connectivity index (χ0) is 9.90. The van der Waals surface area contributed by atoms with Crippen molar-refractivity contribution in [3.63, 3.8) is 0 Å². The molecule has 0 atom stereocenters. The molecule has 0 radical (unpaired) electrons. The Bertz CT molecular complexity index is 224. The number of hydrazine groups is 1. The van der Waals surface area contributed by atoms with Gasteiger partial charge in [-0.1, -0.05) is 0 Å². The molecular formula is C6H13N3O4+2. The Hall–Kier alpha value is -1.05.